The molecule has 0 saturated heterocycles. The Balaban J connectivity index is 1.60. The van der Waals surface area contributed by atoms with Gasteiger partial charge in [-0.05, 0) is 113 Å². The molecule has 3 aliphatic rings. The Bertz CT molecular complexity index is 698. The molecule has 3 atom stereocenters. The molecule has 0 spiro atoms. The van der Waals surface area contributed by atoms with Gasteiger partial charge in [-0.15, -0.1) is 0 Å². The number of allylic oxidation sites excluding steroid dienone is 5. The standard InChI is InChI=1S/C30H50/c1-22(15-17-25-23(2)13-10-19-28(25,4)5)12-9-14-26-24(3)16-18-27-29(6,7)20-11-21-30(26,27)8/h12,25,27H,2,9-11,13-21H2,1,3-8H3. The lowest BCUT2D eigenvalue weighted by atomic mass is 9.50. The number of fused-ring (bicyclic) bond motifs is 1. The number of hydrogen-bond acceptors (Lipinski definition) is 0. The molecule has 0 bridgehead atoms. The lowest BCUT2D eigenvalue weighted by molar-refractivity contribution is 0.0105. The van der Waals surface area contributed by atoms with Gasteiger partial charge in [0.2, 0.25) is 0 Å². The second kappa shape index (κ2) is 8.99. The van der Waals surface area contributed by atoms with Gasteiger partial charge in [-0.3, -0.25) is 0 Å². The zero-order chi connectivity index (χ0) is 22.2. The fourth-order valence-corrected chi connectivity index (χ4v) is 7.89. The fourth-order valence-electron chi connectivity index (χ4n) is 7.89. The van der Waals surface area contributed by atoms with Gasteiger partial charge >= 0.3 is 0 Å². The first-order chi connectivity index (χ1) is 14.0. The summed E-state index contributed by atoms with van der Waals surface area (Å²) in [5, 5.41) is 0. The van der Waals surface area contributed by atoms with E-state index in [1.165, 1.54) is 82.6 Å². The van der Waals surface area contributed by atoms with E-state index in [0.717, 1.165) is 5.92 Å². The number of hydrogen-bond donors (Lipinski definition) is 0. The summed E-state index contributed by atoms with van der Waals surface area (Å²) in [4.78, 5) is 0. The van der Waals surface area contributed by atoms with Crippen LogP contribution in [0.4, 0.5) is 0 Å². The third-order valence-corrected chi connectivity index (χ3v) is 9.71. The molecular weight excluding hydrogens is 360 g/mol. The molecule has 0 aromatic rings. The topological polar surface area (TPSA) is 0 Å². The molecule has 0 N–H and O–H groups in total. The Morgan fingerprint density at radius 3 is 2.40 bits per heavy atom. The van der Waals surface area contributed by atoms with Crippen LogP contribution in [0.3, 0.4) is 0 Å². The van der Waals surface area contributed by atoms with Crippen molar-refractivity contribution in [3.63, 3.8) is 0 Å². The molecule has 2 saturated carbocycles. The normalized spacial score (nSPS) is 34.1. The molecule has 0 amide bonds. The van der Waals surface area contributed by atoms with E-state index in [2.05, 4.69) is 61.1 Å². The van der Waals surface area contributed by atoms with Crippen LogP contribution in [0.15, 0.2) is 34.9 Å². The Morgan fingerprint density at radius 1 is 1.00 bits per heavy atom. The van der Waals surface area contributed by atoms with Gasteiger partial charge in [0, 0.05) is 0 Å². The van der Waals surface area contributed by atoms with E-state index in [1.54, 1.807) is 11.1 Å². The summed E-state index contributed by atoms with van der Waals surface area (Å²) >= 11 is 0. The Labute approximate surface area is 188 Å². The largest absolute Gasteiger partial charge is 0.0996 e. The maximum Gasteiger partial charge on any atom is -0.00803 e. The van der Waals surface area contributed by atoms with Gasteiger partial charge < -0.3 is 0 Å². The molecular formula is C30H50. The SMILES string of the molecule is C=C1CCCC(C)(C)C1CCC(C)=CCCC1=C(C)CCC2C(C)(C)CCCC12C. The third-order valence-electron chi connectivity index (χ3n) is 9.71. The van der Waals surface area contributed by atoms with Crippen molar-refractivity contribution in [2.45, 2.75) is 126 Å². The molecule has 0 heteroatoms. The summed E-state index contributed by atoms with van der Waals surface area (Å²) < 4.78 is 0. The minimum absolute atomic E-state index is 0.441. The van der Waals surface area contributed by atoms with E-state index in [-0.39, 0.29) is 0 Å². The van der Waals surface area contributed by atoms with Gasteiger partial charge in [0.1, 0.15) is 0 Å². The highest BCUT2D eigenvalue weighted by molar-refractivity contribution is 5.28. The maximum absolute atomic E-state index is 4.43. The molecule has 3 rings (SSSR count). The summed E-state index contributed by atoms with van der Waals surface area (Å²) in [7, 11) is 0. The Hall–Kier alpha value is -0.780. The van der Waals surface area contributed by atoms with Crippen LogP contribution in [0.2, 0.25) is 0 Å². The lowest BCUT2D eigenvalue weighted by Gasteiger charge is -2.55. The minimum Gasteiger partial charge on any atom is -0.0996 e. The summed E-state index contributed by atoms with van der Waals surface area (Å²) in [5.41, 5.74) is 8.08. The van der Waals surface area contributed by atoms with Crippen LogP contribution < -0.4 is 0 Å². The molecule has 3 unspecified atom stereocenters. The van der Waals surface area contributed by atoms with E-state index in [1.807, 2.05) is 5.57 Å². The first-order valence-electron chi connectivity index (χ1n) is 13.0. The van der Waals surface area contributed by atoms with E-state index < -0.39 is 0 Å². The Kier molecular flexibility index (Phi) is 7.16. The van der Waals surface area contributed by atoms with Crippen molar-refractivity contribution in [1.82, 2.24) is 0 Å². The van der Waals surface area contributed by atoms with E-state index in [9.17, 15) is 0 Å². The molecule has 0 radical (unpaired) electrons. The summed E-state index contributed by atoms with van der Waals surface area (Å²) in [5.74, 6) is 1.59. The average molecular weight is 411 g/mol. The first kappa shape index (κ1) is 23.9. The zero-order valence-electron chi connectivity index (χ0n) is 21.4. The van der Waals surface area contributed by atoms with Crippen molar-refractivity contribution in [3.8, 4) is 0 Å². The van der Waals surface area contributed by atoms with Gasteiger partial charge in [0.25, 0.3) is 0 Å². The molecule has 0 aromatic carbocycles. The fraction of sp³-hybridized carbons (Fsp3) is 0.800. The first-order valence-corrected chi connectivity index (χ1v) is 13.0. The Morgan fingerprint density at radius 2 is 1.70 bits per heavy atom. The molecule has 0 nitrogen and oxygen atoms in total. The molecule has 30 heavy (non-hydrogen) atoms. The van der Waals surface area contributed by atoms with Crippen LogP contribution in [-0.2, 0) is 0 Å². The monoisotopic (exact) mass is 410 g/mol. The third kappa shape index (κ3) is 4.83. The van der Waals surface area contributed by atoms with Crippen molar-refractivity contribution in [2.24, 2.45) is 28.1 Å². The van der Waals surface area contributed by atoms with Crippen LogP contribution in [0.5, 0.6) is 0 Å². The van der Waals surface area contributed by atoms with Crippen molar-refractivity contribution in [2.75, 3.05) is 0 Å². The second-order valence-corrected chi connectivity index (χ2v) is 12.8. The van der Waals surface area contributed by atoms with Crippen molar-refractivity contribution in [3.05, 3.63) is 34.9 Å². The van der Waals surface area contributed by atoms with Crippen molar-refractivity contribution >= 4 is 0 Å². The molecule has 0 heterocycles. The smallest absolute Gasteiger partial charge is 0.00803 e. The van der Waals surface area contributed by atoms with Gasteiger partial charge in [0.15, 0.2) is 0 Å². The zero-order valence-corrected chi connectivity index (χ0v) is 21.4. The molecule has 0 aromatic heterocycles. The maximum atomic E-state index is 4.43. The quantitative estimate of drug-likeness (QED) is 0.382. The van der Waals surface area contributed by atoms with Crippen LogP contribution in [0.25, 0.3) is 0 Å². The summed E-state index contributed by atoms with van der Waals surface area (Å²) in [6, 6.07) is 0. The minimum atomic E-state index is 0.441. The predicted octanol–water partition coefficient (Wildman–Crippen LogP) is 9.82. The summed E-state index contributed by atoms with van der Waals surface area (Å²) in [6.45, 7) is 21.9. The second-order valence-electron chi connectivity index (χ2n) is 12.8. The van der Waals surface area contributed by atoms with E-state index in [0.29, 0.717) is 22.2 Å². The van der Waals surface area contributed by atoms with Crippen LogP contribution in [0, 0.1) is 28.1 Å². The lowest BCUT2D eigenvalue weighted by Crippen LogP contribution is -2.45. The molecule has 170 valence electrons. The van der Waals surface area contributed by atoms with Crippen LogP contribution in [0.1, 0.15) is 126 Å². The molecule has 3 aliphatic carbocycles. The van der Waals surface area contributed by atoms with Crippen LogP contribution in [-0.4, -0.2) is 0 Å². The van der Waals surface area contributed by atoms with E-state index in [4.69, 9.17) is 0 Å². The average Bonchev–Trinajstić information content (AvgIpc) is 2.62. The van der Waals surface area contributed by atoms with Gasteiger partial charge in [-0.2, -0.15) is 0 Å². The van der Waals surface area contributed by atoms with Gasteiger partial charge in [-0.1, -0.05) is 76.0 Å². The predicted molar refractivity (Wildman–Crippen MR) is 134 cm³/mol. The summed E-state index contributed by atoms with van der Waals surface area (Å²) in [6.07, 6.45) is 18.6. The molecule has 0 aliphatic heterocycles. The highest BCUT2D eigenvalue weighted by atomic mass is 14.5. The highest BCUT2D eigenvalue weighted by Gasteiger charge is 2.49. The van der Waals surface area contributed by atoms with E-state index >= 15 is 0 Å². The van der Waals surface area contributed by atoms with Gasteiger partial charge in [0.05, 0.1) is 0 Å². The number of rotatable bonds is 6. The van der Waals surface area contributed by atoms with Gasteiger partial charge in [-0.25, -0.2) is 0 Å². The van der Waals surface area contributed by atoms with Crippen LogP contribution >= 0.6 is 0 Å². The molecule has 2 fully saturated rings. The highest BCUT2D eigenvalue weighted by Crippen LogP contribution is 2.60. The van der Waals surface area contributed by atoms with Crippen molar-refractivity contribution in [1.29, 1.82) is 0 Å². The van der Waals surface area contributed by atoms with Crippen molar-refractivity contribution < 1.29 is 0 Å².